The van der Waals surface area contributed by atoms with Crippen LogP contribution in [0.25, 0.3) is 0 Å². The molecule has 0 aliphatic carbocycles. The maximum absolute atomic E-state index is 6.01. The molecule has 0 amide bonds. The molecule has 1 aliphatic heterocycles. The van der Waals surface area contributed by atoms with Gasteiger partial charge in [-0.15, -0.1) is 0 Å². The van der Waals surface area contributed by atoms with Crippen molar-refractivity contribution in [3.8, 4) is 5.75 Å². The van der Waals surface area contributed by atoms with Crippen molar-refractivity contribution in [2.75, 3.05) is 17.7 Å². The molecular weight excluding hydrogens is 304 g/mol. The van der Waals surface area contributed by atoms with Crippen LogP contribution in [-0.4, -0.2) is 6.61 Å². The Kier molecular flexibility index (Phi) is 3.34. The maximum Gasteiger partial charge on any atom is 0.124 e. The van der Waals surface area contributed by atoms with Crippen LogP contribution >= 0.6 is 15.9 Å². The lowest BCUT2D eigenvalue weighted by Gasteiger charge is -2.28. The number of para-hydroxylation sites is 1. The molecule has 3 nitrogen and oxygen atoms in total. The fraction of sp³-hybridized carbons (Fsp3) is 0.200. The van der Waals surface area contributed by atoms with Gasteiger partial charge in [0.25, 0.3) is 0 Å². The first-order valence-corrected chi connectivity index (χ1v) is 7.06. The van der Waals surface area contributed by atoms with Gasteiger partial charge in [0.2, 0.25) is 0 Å². The van der Waals surface area contributed by atoms with Crippen LogP contribution in [0.15, 0.2) is 46.9 Å². The van der Waals surface area contributed by atoms with Gasteiger partial charge in [0, 0.05) is 16.5 Å². The van der Waals surface area contributed by atoms with Gasteiger partial charge in [-0.3, -0.25) is 0 Å². The molecule has 0 bridgehead atoms. The molecule has 1 atom stereocenters. The van der Waals surface area contributed by atoms with Gasteiger partial charge in [0.15, 0.2) is 0 Å². The van der Waals surface area contributed by atoms with Crippen LogP contribution in [0.2, 0.25) is 0 Å². The Labute approximate surface area is 120 Å². The van der Waals surface area contributed by atoms with E-state index in [1.54, 1.807) is 0 Å². The van der Waals surface area contributed by atoms with E-state index in [-0.39, 0.29) is 6.04 Å². The molecule has 1 heterocycles. The zero-order valence-electron chi connectivity index (χ0n) is 10.4. The summed E-state index contributed by atoms with van der Waals surface area (Å²) >= 11 is 3.47. The fourth-order valence-corrected chi connectivity index (χ4v) is 2.69. The number of halogens is 1. The summed E-state index contributed by atoms with van der Waals surface area (Å²) in [4.78, 5) is 0. The molecule has 0 aromatic heterocycles. The predicted molar refractivity (Wildman–Crippen MR) is 81.5 cm³/mol. The van der Waals surface area contributed by atoms with Gasteiger partial charge in [0.05, 0.1) is 24.0 Å². The average molecular weight is 319 g/mol. The SMILES string of the molecule is Nc1ccc(Br)cc1NC1CCOc2ccccc21. The van der Waals surface area contributed by atoms with E-state index in [1.165, 1.54) is 5.56 Å². The summed E-state index contributed by atoms with van der Waals surface area (Å²) in [6, 6.07) is 14.2. The van der Waals surface area contributed by atoms with E-state index >= 15 is 0 Å². The number of hydrogen-bond donors (Lipinski definition) is 2. The Hall–Kier alpha value is -1.68. The van der Waals surface area contributed by atoms with Crippen molar-refractivity contribution >= 4 is 27.3 Å². The summed E-state index contributed by atoms with van der Waals surface area (Å²) in [6.45, 7) is 0.725. The Balaban J connectivity index is 1.90. The van der Waals surface area contributed by atoms with E-state index in [4.69, 9.17) is 10.5 Å². The highest BCUT2D eigenvalue weighted by Crippen LogP contribution is 2.35. The molecule has 0 radical (unpaired) electrons. The fourth-order valence-electron chi connectivity index (χ4n) is 2.33. The summed E-state index contributed by atoms with van der Waals surface area (Å²) < 4.78 is 6.68. The zero-order chi connectivity index (χ0) is 13.2. The second-order valence-corrected chi connectivity index (χ2v) is 5.52. The van der Waals surface area contributed by atoms with Crippen LogP contribution in [0.5, 0.6) is 5.75 Å². The van der Waals surface area contributed by atoms with Crippen LogP contribution in [-0.2, 0) is 0 Å². The van der Waals surface area contributed by atoms with Crippen LogP contribution in [0.1, 0.15) is 18.0 Å². The van der Waals surface area contributed by atoms with E-state index in [2.05, 4.69) is 27.3 Å². The first-order chi connectivity index (χ1) is 9.24. The molecule has 0 fully saturated rings. The van der Waals surface area contributed by atoms with Crippen LogP contribution < -0.4 is 15.8 Å². The van der Waals surface area contributed by atoms with E-state index in [0.29, 0.717) is 0 Å². The van der Waals surface area contributed by atoms with Crippen molar-refractivity contribution in [3.63, 3.8) is 0 Å². The average Bonchev–Trinajstić information content (AvgIpc) is 2.43. The third-order valence-corrected chi connectivity index (χ3v) is 3.80. The summed E-state index contributed by atoms with van der Waals surface area (Å²) in [6.07, 6.45) is 0.933. The Bertz CT molecular complexity index is 600. The second-order valence-electron chi connectivity index (χ2n) is 4.60. The second kappa shape index (κ2) is 5.13. The molecule has 19 heavy (non-hydrogen) atoms. The summed E-state index contributed by atoms with van der Waals surface area (Å²) in [7, 11) is 0. The van der Waals surface area contributed by atoms with Gasteiger partial charge in [-0.25, -0.2) is 0 Å². The quantitative estimate of drug-likeness (QED) is 0.824. The minimum absolute atomic E-state index is 0.238. The van der Waals surface area contributed by atoms with Crippen LogP contribution in [0.4, 0.5) is 11.4 Å². The number of nitrogen functional groups attached to an aromatic ring is 1. The number of nitrogens with one attached hydrogen (secondary N) is 1. The Morgan fingerprint density at radius 1 is 1.21 bits per heavy atom. The Morgan fingerprint density at radius 3 is 2.95 bits per heavy atom. The van der Waals surface area contributed by atoms with Gasteiger partial charge in [-0.2, -0.15) is 0 Å². The minimum Gasteiger partial charge on any atom is -0.493 e. The van der Waals surface area contributed by atoms with E-state index in [9.17, 15) is 0 Å². The third-order valence-electron chi connectivity index (χ3n) is 3.30. The number of rotatable bonds is 2. The molecule has 98 valence electrons. The standard InChI is InChI=1S/C15H15BrN2O/c16-10-5-6-12(17)14(9-10)18-13-7-8-19-15-4-2-1-3-11(13)15/h1-6,9,13,18H,7-8,17H2. The molecule has 2 aromatic rings. The topological polar surface area (TPSA) is 47.3 Å². The number of benzene rings is 2. The van der Waals surface area contributed by atoms with E-state index in [1.807, 2.05) is 36.4 Å². The lowest BCUT2D eigenvalue weighted by molar-refractivity contribution is 0.274. The first kappa shape index (κ1) is 12.4. The van der Waals surface area contributed by atoms with Crippen molar-refractivity contribution < 1.29 is 4.74 Å². The molecule has 1 aliphatic rings. The van der Waals surface area contributed by atoms with E-state index in [0.717, 1.165) is 34.6 Å². The summed E-state index contributed by atoms with van der Waals surface area (Å²) in [5.41, 5.74) is 8.91. The summed E-state index contributed by atoms with van der Waals surface area (Å²) in [5, 5.41) is 3.51. The molecule has 1 unspecified atom stereocenters. The zero-order valence-corrected chi connectivity index (χ0v) is 12.0. The molecule has 3 rings (SSSR count). The largest absolute Gasteiger partial charge is 0.493 e. The van der Waals surface area contributed by atoms with Crippen LogP contribution in [0.3, 0.4) is 0 Å². The maximum atomic E-state index is 6.01. The molecule has 0 saturated carbocycles. The highest BCUT2D eigenvalue weighted by Gasteiger charge is 2.21. The molecular formula is C15H15BrN2O. The molecule has 2 aromatic carbocycles. The third kappa shape index (κ3) is 2.54. The number of nitrogens with two attached hydrogens (primary N) is 1. The van der Waals surface area contributed by atoms with Gasteiger partial charge in [0.1, 0.15) is 5.75 Å². The van der Waals surface area contributed by atoms with Crippen molar-refractivity contribution in [2.45, 2.75) is 12.5 Å². The lowest BCUT2D eigenvalue weighted by Crippen LogP contribution is -2.20. The van der Waals surface area contributed by atoms with Crippen molar-refractivity contribution in [3.05, 3.63) is 52.5 Å². The number of ether oxygens (including phenoxy) is 1. The molecule has 0 spiro atoms. The van der Waals surface area contributed by atoms with Gasteiger partial charge in [-0.05, 0) is 24.3 Å². The molecule has 0 saturated heterocycles. The van der Waals surface area contributed by atoms with Gasteiger partial charge >= 0.3 is 0 Å². The summed E-state index contributed by atoms with van der Waals surface area (Å²) in [5.74, 6) is 0.958. The van der Waals surface area contributed by atoms with Gasteiger partial charge in [-0.1, -0.05) is 34.1 Å². The molecule has 4 heteroatoms. The first-order valence-electron chi connectivity index (χ1n) is 6.27. The van der Waals surface area contributed by atoms with Crippen molar-refractivity contribution in [1.82, 2.24) is 0 Å². The van der Waals surface area contributed by atoms with Crippen molar-refractivity contribution in [1.29, 1.82) is 0 Å². The number of anilines is 2. The van der Waals surface area contributed by atoms with Crippen LogP contribution in [0, 0.1) is 0 Å². The lowest BCUT2D eigenvalue weighted by atomic mass is 10.00. The monoisotopic (exact) mass is 318 g/mol. The highest BCUT2D eigenvalue weighted by molar-refractivity contribution is 9.10. The predicted octanol–water partition coefficient (Wildman–Crippen LogP) is 3.97. The number of hydrogen-bond acceptors (Lipinski definition) is 3. The van der Waals surface area contributed by atoms with Crippen molar-refractivity contribution in [2.24, 2.45) is 0 Å². The van der Waals surface area contributed by atoms with Gasteiger partial charge < -0.3 is 15.8 Å². The minimum atomic E-state index is 0.238. The number of fused-ring (bicyclic) bond motifs is 1. The Morgan fingerprint density at radius 2 is 2.05 bits per heavy atom. The highest BCUT2D eigenvalue weighted by atomic mass is 79.9. The molecule has 3 N–H and O–H groups in total. The normalized spacial score (nSPS) is 17.4. The smallest absolute Gasteiger partial charge is 0.124 e. The van der Waals surface area contributed by atoms with E-state index < -0.39 is 0 Å².